The summed E-state index contributed by atoms with van der Waals surface area (Å²) in [6.07, 6.45) is 1.06. The van der Waals surface area contributed by atoms with Gasteiger partial charge >= 0.3 is 5.97 Å². The van der Waals surface area contributed by atoms with Gasteiger partial charge < -0.3 is 44.3 Å². The number of hydrogen-bond donors (Lipinski definition) is 5. The average molecular weight is 715 g/mol. The first-order chi connectivity index (χ1) is 24.6. The number of phenols is 3. The van der Waals surface area contributed by atoms with Crippen LogP contribution in [0.1, 0.15) is 61.8 Å². The van der Waals surface area contributed by atoms with Gasteiger partial charge in [0.15, 0.2) is 40.0 Å². The number of nitrogens with one attached hydrogen (secondary N) is 2. The summed E-state index contributed by atoms with van der Waals surface area (Å²) in [6.45, 7) is 3.95. The molecule has 1 spiro atoms. The third kappa shape index (κ3) is 4.29. The predicted octanol–water partition coefficient (Wildman–Crippen LogP) is 3.43. The molecule has 3 aromatic rings. The maximum Gasteiger partial charge on any atom is 0.331 e. The second-order valence-electron chi connectivity index (χ2n) is 14.1. The summed E-state index contributed by atoms with van der Waals surface area (Å²) in [6, 6.07) is 5.25. The van der Waals surface area contributed by atoms with Gasteiger partial charge in [-0.25, -0.2) is 4.79 Å². The van der Waals surface area contributed by atoms with Crippen LogP contribution >= 0.6 is 11.8 Å². The molecular formula is C37H38N4O9S. The van der Waals surface area contributed by atoms with Crippen molar-refractivity contribution in [2.24, 2.45) is 0 Å². The number of fused-ring (bicyclic) bond motifs is 9. The number of aryl methyl sites for hydroxylation is 1. The Kier molecular flexibility index (Phi) is 7.28. The highest BCUT2D eigenvalue weighted by Crippen LogP contribution is 2.63. The van der Waals surface area contributed by atoms with Gasteiger partial charge in [-0.2, -0.15) is 5.26 Å². The molecule has 3 aromatic carbocycles. The lowest BCUT2D eigenvalue weighted by Crippen LogP contribution is -2.69. The SMILES string of the molecule is COc1cc2c(cc1O)CCN[C@]21CS[C@@H]2c3c(O)c(C)c4c(c3[C@@H](COC1=O)N1C2[C@@H]2N[C@H](Cc3cc(C)c(OC)c(O)c32)[C@@H]1C#N)OCO4. The van der Waals surface area contributed by atoms with Crippen molar-refractivity contribution in [3.8, 4) is 46.3 Å². The number of esters is 1. The fourth-order valence-corrected chi connectivity index (χ4v) is 11.2. The van der Waals surface area contributed by atoms with E-state index in [4.69, 9.17) is 23.7 Å². The molecule has 0 radical (unpaired) electrons. The summed E-state index contributed by atoms with van der Waals surface area (Å²) in [7, 11) is 3.00. The maximum atomic E-state index is 14.6. The number of nitrogens with zero attached hydrogens (tertiary/aromatic N) is 2. The number of benzene rings is 3. The number of ether oxygens (including phenoxy) is 5. The van der Waals surface area contributed by atoms with Gasteiger partial charge in [0, 0.05) is 46.6 Å². The zero-order chi connectivity index (χ0) is 35.5. The Morgan fingerprint density at radius 3 is 2.59 bits per heavy atom. The van der Waals surface area contributed by atoms with E-state index in [1.807, 2.05) is 13.0 Å². The number of thioether (sulfide) groups is 1. The molecular weight excluding hydrogens is 676 g/mol. The number of carbonyl (C=O) groups is 1. The summed E-state index contributed by atoms with van der Waals surface area (Å²) in [5.74, 6) is 1.29. The molecule has 0 aliphatic carbocycles. The van der Waals surface area contributed by atoms with Crippen molar-refractivity contribution < 1.29 is 43.8 Å². The third-order valence-corrected chi connectivity index (χ3v) is 13.2. The lowest BCUT2D eigenvalue weighted by atomic mass is 9.72. The molecule has 0 saturated carbocycles. The standard InChI is InChI=1S/C37H38N4O9S/c1-15-7-18-8-20-21(11-38)41-22-12-48-36(45)37(19-10-24(46-3)23(42)9-17(19)5-6-39-37)13-51-35(29(41)28(40-20)25(18)31(44)32(15)47-4)27-26(22)34-33(49-14-50-34)16(2)30(27)43/h7,9-10,20-22,28-29,35,39-40,42-44H,5-6,8,12-14H2,1-4H3/t20-,21+,22-,28-,29?,35-,37-/m1/s1. The maximum absolute atomic E-state index is 14.6. The van der Waals surface area contributed by atoms with Crippen molar-refractivity contribution in [1.82, 2.24) is 15.5 Å². The molecule has 1 unspecified atom stereocenters. The molecule has 2 saturated heterocycles. The van der Waals surface area contributed by atoms with Gasteiger partial charge in [0.1, 0.15) is 18.4 Å². The Morgan fingerprint density at radius 1 is 1.02 bits per heavy atom. The number of aromatic hydroxyl groups is 3. The van der Waals surface area contributed by atoms with Crippen molar-refractivity contribution >= 4 is 17.7 Å². The molecule has 51 heavy (non-hydrogen) atoms. The molecule has 5 N–H and O–H groups in total. The van der Waals surface area contributed by atoms with E-state index in [0.29, 0.717) is 64.5 Å². The fraction of sp³-hybridized carbons (Fsp3) is 0.459. The Hall–Kier alpha value is -4.55. The van der Waals surface area contributed by atoms with Crippen LogP contribution in [0.3, 0.4) is 0 Å². The molecule has 14 heteroatoms. The van der Waals surface area contributed by atoms with Crippen molar-refractivity contribution in [2.45, 2.75) is 67.7 Å². The third-order valence-electron chi connectivity index (χ3n) is 11.7. The Morgan fingerprint density at radius 2 is 1.82 bits per heavy atom. The molecule has 0 aromatic heterocycles. The predicted molar refractivity (Wildman–Crippen MR) is 184 cm³/mol. The molecule has 2 fully saturated rings. The van der Waals surface area contributed by atoms with Crippen LogP contribution in [-0.2, 0) is 27.9 Å². The van der Waals surface area contributed by atoms with Crippen molar-refractivity contribution in [3.05, 3.63) is 62.7 Å². The van der Waals surface area contributed by atoms with Gasteiger partial charge in [-0.15, -0.1) is 11.8 Å². The monoisotopic (exact) mass is 714 g/mol. The molecule has 4 bridgehead atoms. The molecule has 7 atom stereocenters. The molecule has 7 aliphatic rings. The number of methoxy groups -OCH3 is 2. The molecule has 7 heterocycles. The first-order valence-corrected chi connectivity index (χ1v) is 18.1. The van der Waals surface area contributed by atoms with Gasteiger partial charge in [0.25, 0.3) is 0 Å². The number of nitriles is 1. The molecule has 0 amide bonds. The second-order valence-corrected chi connectivity index (χ2v) is 15.2. The molecule has 266 valence electrons. The first-order valence-electron chi connectivity index (χ1n) is 17.0. The zero-order valence-corrected chi connectivity index (χ0v) is 29.3. The minimum Gasteiger partial charge on any atom is -0.507 e. The summed E-state index contributed by atoms with van der Waals surface area (Å²) in [5, 5.41) is 52.2. The number of phenolic OH excluding ortho intramolecular Hbond substituents is 3. The number of hydrogen-bond acceptors (Lipinski definition) is 14. The minimum absolute atomic E-state index is 0.0129. The van der Waals surface area contributed by atoms with Crippen molar-refractivity contribution in [2.75, 3.05) is 39.9 Å². The van der Waals surface area contributed by atoms with E-state index in [1.54, 1.807) is 19.1 Å². The Bertz CT molecular complexity index is 2070. The van der Waals surface area contributed by atoms with E-state index >= 15 is 0 Å². The number of carbonyl (C=O) groups excluding carboxylic acids is 1. The highest BCUT2D eigenvalue weighted by atomic mass is 32.2. The Labute approximate surface area is 298 Å². The Balaban J connectivity index is 1.29. The van der Waals surface area contributed by atoms with Crippen LogP contribution in [0.2, 0.25) is 0 Å². The van der Waals surface area contributed by atoms with E-state index in [0.717, 1.165) is 16.7 Å². The highest BCUT2D eigenvalue weighted by molar-refractivity contribution is 7.99. The largest absolute Gasteiger partial charge is 0.507 e. The van der Waals surface area contributed by atoms with Crippen LogP contribution in [0.5, 0.6) is 40.2 Å². The fourth-order valence-electron chi connectivity index (χ4n) is 9.53. The first kappa shape index (κ1) is 32.4. The van der Waals surface area contributed by atoms with Crippen molar-refractivity contribution in [1.29, 1.82) is 5.26 Å². The molecule has 13 nitrogen and oxygen atoms in total. The number of rotatable bonds is 2. The van der Waals surface area contributed by atoms with E-state index < -0.39 is 40.9 Å². The topological polar surface area (TPSA) is 175 Å². The smallest absolute Gasteiger partial charge is 0.331 e. The van der Waals surface area contributed by atoms with E-state index in [9.17, 15) is 25.4 Å². The second kappa shape index (κ2) is 11.5. The van der Waals surface area contributed by atoms with Gasteiger partial charge in [-0.3, -0.25) is 10.2 Å². The average Bonchev–Trinajstić information content (AvgIpc) is 3.61. The quantitative estimate of drug-likeness (QED) is 0.244. The summed E-state index contributed by atoms with van der Waals surface area (Å²) < 4.78 is 29.5. The van der Waals surface area contributed by atoms with Crippen LogP contribution in [0.15, 0.2) is 18.2 Å². The van der Waals surface area contributed by atoms with Gasteiger partial charge in [-0.05, 0) is 61.1 Å². The van der Waals surface area contributed by atoms with Crippen LogP contribution < -0.4 is 29.6 Å². The van der Waals surface area contributed by atoms with E-state index in [1.165, 1.54) is 26.0 Å². The van der Waals surface area contributed by atoms with Gasteiger partial charge in [-0.1, -0.05) is 6.07 Å². The minimum atomic E-state index is -1.32. The lowest BCUT2D eigenvalue weighted by Gasteiger charge is -2.59. The molecule has 7 aliphatic heterocycles. The highest BCUT2D eigenvalue weighted by Gasteiger charge is 2.60. The van der Waals surface area contributed by atoms with Crippen LogP contribution in [0.25, 0.3) is 0 Å². The van der Waals surface area contributed by atoms with Gasteiger partial charge in [0.2, 0.25) is 6.79 Å². The normalized spacial score (nSPS) is 30.0. The van der Waals surface area contributed by atoms with Gasteiger partial charge in [0.05, 0.1) is 37.6 Å². The number of piperazine rings is 1. The van der Waals surface area contributed by atoms with Crippen LogP contribution in [-0.4, -0.2) is 84.2 Å². The molecule has 10 rings (SSSR count). The summed E-state index contributed by atoms with van der Waals surface area (Å²) in [5.41, 5.74) is 4.35. The zero-order valence-electron chi connectivity index (χ0n) is 28.5. The van der Waals surface area contributed by atoms with Crippen molar-refractivity contribution in [3.63, 3.8) is 0 Å². The van der Waals surface area contributed by atoms with E-state index in [2.05, 4.69) is 21.6 Å². The summed E-state index contributed by atoms with van der Waals surface area (Å²) in [4.78, 5) is 16.7. The van der Waals surface area contributed by atoms with Crippen LogP contribution in [0, 0.1) is 25.2 Å². The van der Waals surface area contributed by atoms with Crippen LogP contribution in [0.4, 0.5) is 0 Å². The lowest BCUT2D eigenvalue weighted by molar-refractivity contribution is -0.155. The van der Waals surface area contributed by atoms with E-state index in [-0.39, 0.29) is 48.2 Å². The summed E-state index contributed by atoms with van der Waals surface area (Å²) >= 11 is 1.47.